The molecule has 0 aliphatic rings. The van der Waals surface area contributed by atoms with E-state index in [0.29, 0.717) is 16.9 Å². The predicted octanol–water partition coefficient (Wildman–Crippen LogP) is 6.09. The predicted molar refractivity (Wildman–Crippen MR) is 94.9 cm³/mol. The van der Waals surface area contributed by atoms with E-state index in [1.54, 1.807) is 14.2 Å². The normalized spacial score (nSPS) is 14.4. The highest BCUT2D eigenvalue weighted by Gasteiger charge is 2.20. The first kappa shape index (κ1) is 23.2. The SMILES string of the molecule is COC(C)(C)CCC(C)(C)C.COC(C)CCC(C)(C)C. The number of ether oxygens (including phenoxy) is 2. The van der Waals surface area contributed by atoms with Gasteiger partial charge in [-0.2, -0.15) is 0 Å². The van der Waals surface area contributed by atoms with Gasteiger partial charge in [0.2, 0.25) is 0 Å². The second-order valence-corrected chi connectivity index (χ2v) is 9.17. The average Bonchev–Trinajstić information content (AvgIpc) is 2.33. The van der Waals surface area contributed by atoms with Gasteiger partial charge in [-0.15, -0.1) is 0 Å². The molecule has 1 unspecified atom stereocenters. The molecular weight excluding hydrogens is 260 g/mol. The lowest BCUT2D eigenvalue weighted by atomic mass is 9.86. The van der Waals surface area contributed by atoms with E-state index in [2.05, 4.69) is 62.3 Å². The summed E-state index contributed by atoms with van der Waals surface area (Å²) in [4.78, 5) is 0. The Hall–Kier alpha value is -0.0800. The molecule has 0 aromatic carbocycles. The molecule has 1 atom stereocenters. The molecule has 0 aliphatic heterocycles. The van der Waals surface area contributed by atoms with Crippen LogP contribution in [-0.4, -0.2) is 25.9 Å². The largest absolute Gasteiger partial charge is 0.382 e. The van der Waals surface area contributed by atoms with Crippen LogP contribution in [0.5, 0.6) is 0 Å². The van der Waals surface area contributed by atoms with E-state index in [1.807, 2.05) is 0 Å². The Morgan fingerprint density at radius 3 is 1.43 bits per heavy atom. The molecule has 2 heteroatoms. The van der Waals surface area contributed by atoms with Crippen molar-refractivity contribution in [2.24, 2.45) is 10.8 Å². The highest BCUT2D eigenvalue weighted by atomic mass is 16.5. The summed E-state index contributed by atoms with van der Waals surface area (Å²) >= 11 is 0. The van der Waals surface area contributed by atoms with Gasteiger partial charge in [0.25, 0.3) is 0 Å². The second-order valence-electron chi connectivity index (χ2n) is 9.17. The maximum Gasteiger partial charge on any atom is 0.0623 e. The zero-order chi connectivity index (χ0) is 17.3. The molecule has 0 saturated heterocycles. The Labute approximate surface area is 135 Å². The molecule has 0 radical (unpaired) electrons. The topological polar surface area (TPSA) is 18.5 Å². The van der Waals surface area contributed by atoms with Crippen molar-refractivity contribution in [1.82, 2.24) is 0 Å². The van der Waals surface area contributed by atoms with Crippen molar-refractivity contribution >= 4 is 0 Å². The van der Waals surface area contributed by atoms with Crippen molar-refractivity contribution in [3.05, 3.63) is 0 Å². The third-order valence-electron chi connectivity index (χ3n) is 3.73. The fourth-order valence-corrected chi connectivity index (χ4v) is 1.53. The molecule has 0 heterocycles. The minimum atomic E-state index is 0.0489. The van der Waals surface area contributed by atoms with Crippen LogP contribution in [0.2, 0.25) is 0 Å². The lowest BCUT2D eigenvalue weighted by molar-refractivity contribution is 0.00697. The zero-order valence-corrected chi connectivity index (χ0v) is 16.7. The monoisotopic (exact) mass is 302 g/mol. The molecule has 2 nitrogen and oxygen atoms in total. The average molecular weight is 303 g/mol. The summed E-state index contributed by atoms with van der Waals surface area (Å²) in [6, 6.07) is 0. The second kappa shape index (κ2) is 9.84. The van der Waals surface area contributed by atoms with Crippen molar-refractivity contribution in [2.75, 3.05) is 14.2 Å². The van der Waals surface area contributed by atoms with Crippen LogP contribution in [0.3, 0.4) is 0 Å². The van der Waals surface area contributed by atoms with Crippen LogP contribution in [0.1, 0.15) is 88.0 Å². The van der Waals surface area contributed by atoms with Gasteiger partial charge in [-0.3, -0.25) is 0 Å². The van der Waals surface area contributed by atoms with Crippen molar-refractivity contribution in [3.8, 4) is 0 Å². The van der Waals surface area contributed by atoms with Crippen LogP contribution < -0.4 is 0 Å². The lowest BCUT2D eigenvalue weighted by Crippen LogP contribution is -2.24. The van der Waals surface area contributed by atoms with E-state index in [9.17, 15) is 0 Å². The van der Waals surface area contributed by atoms with Gasteiger partial charge in [-0.25, -0.2) is 0 Å². The fraction of sp³-hybridized carbons (Fsp3) is 1.00. The van der Waals surface area contributed by atoms with E-state index in [4.69, 9.17) is 9.47 Å². The van der Waals surface area contributed by atoms with Gasteiger partial charge in [0.05, 0.1) is 11.7 Å². The molecule has 0 fully saturated rings. The van der Waals surface area contributed by atoms with Crippen molar-refractivity contribution in [1.29, 1.82) is 0 Å². The van der Waals surface area contributed by atoms with Gasteiger partial charge in [-0.05, 0) is 57.3 Å². The van der Waals surface area contributed by atoms with Crippen LogP contribution in [0, 0.1) is 10.8 Å². The number of methoxy groups -OCH3 is 2. The van der Waals surface area contributed by atoms with Crippen molar-refractivity contribution < 1.29 is 9.47 Å². The van der Waals surface area contributed by atoms with Crippen LogP contribution in [0.25, 0.3) is 0 Å². The summed E-state index contributed by atoms with van der Waals surface area (Å²) in [5.41, 5.74) is 0.926. The molecule has 0 aromatic heterocycles. The molecule has 0 bridgehead atoms. The molecule has 0 aromatic rings. The number of rotatable bonds is 6. The van der Waals surface area contributed by atoms with Gasteiger partial charge in [0.1, 0.15) is 0 Å². The minimum absolute atomic E-state index is 0.0489. The molecule has 0 N–H and O–H groups in total. The summed E-state index contributed by atoms with van der Waals surface area (Å²) in [6.45, 7) is 20.0. The maximum atomic E-state index is 5.33. The Bertz CT molecular complexity index is 243. The highest BCUT2D eigenvalue weighted by Crippen LogP contribution is 2.26. The smallest absolute Gasteiger partial charge is 0.0623 e. The third kappa shape index (κ3) is 19.9. The summed E-state index contributed by atoms with van der Waals surface area (Å²) in [5, 5.41) is 0. The van der Waals surface area contributed by atoms with E-state index in [-0.39, 0.29) is 5.60 Å². The quantitative estimate of drug-likeness (QED) is 0.591. The first-order chi connectivity index (χ1) is 9.22. The van der Waals surface area contributed by atoms with Gasteiger partial charge >= 0.3 is 0 Å². The summed E-state index contributed by atoms with van der Waals surface area (Å²) in [7, 11) is 3.55. The van der Waals surface area contributed by atoms with Gasteiger partial charge in [0.15, 0.2) is 0 Å². The molecule has 130 valence electrons. The first-order valence-corrected chi connectivity index (χ1v) is 8.30. The van der Waals surface area contributed by atoms with E-state index in [0.717, 1.165) is 6.42 Å². The third-order valence-corrected chi connectivity index (χ3v) is 3.73. The fourth-order valence-electron chi connectivity index (χ4n) is 1.53. The zero-order valence-electron chi connectivity index (χ0n) is 16.7. The molecule has 21 heavy (non-hydrogen) atoms. The molecule has 0 aliphatic carbocycles. The van der Waals surface area contributed by atoms with E-state index in [1.165, 1.54) is 19.3 Å². The Morgan fingerprint density at radius 2 is 1.14 bits per heavy atom. The van der Waals surface area contributed by atoms with Gasteiger partial charge < -0.3 is 9.47 Å². The standard InChI is InChI=1S/C10H22O.C9H20O/c1-9(2,3)7-8-10(4,5)11-6;1-8(10-5)6-7-9(2,3)4/h7-8H2,1-6H3;8H,6-7H2,1-5H3. The molecule has 0 amide bonds. The Morgan fingerprint density at radius 1 is 0.714 bits per heavy atom. The van der Waals surface area contributed by atoms with Gasteiger partial charge in [-0.1, -0.05) is 41.5 Å². The van der Waals surface area contributed by atoms with Crippen LogP contribution in [0.15, 0.2) is 0 Å². The molecule has 0 spiro atoms. The van der Waals surface area contributed by atoms with E-state index >= 15 is 0 Å². The van der Waals surface area contributed by atoms with Crippen molar-refractivity contribution in [2.45, 2.75) is 99.7 Å². The molecule has 0 saturated carbocycles. The summed E-state index contributed by atoms with van der Waals surface area (Å²) < 4.78 is 10.5. The number of hydrogen-bond acceptors (Lipinski definition) is 2. The molecule has 0 rings (SSSR count). The van der Waals surface area contributed by atoms with Crippen LogP contribution >= 0.6 is 0 Å². The van der Waals surface area contributed by atoms with Crippen LogP contribution in [-0.2, 0) is 9.47 Å². The first-order valence-electron chi connectivity index (χ1n) is 8.30. The Balaban J connectivity index is 0. The van der Waals surface area contributed by atoms with Crippen LogP contribution in [0.4, 0.5) is 0 Å². The maximum absolute atomic E-state index is 5.33. The van der Waals surface area contributed by atoms with Gasteiger partial charge in [0, 0.05) is 14.2 Å². The van der Waals surface area contributed by atoms with E-state index < -0.39 is 0 Å². The molecular formula is C19H42O2. The minimum Gasteiger partial charge on any atom is -0.382 e. The summed E-state index contributed by atoms with van der Waals surface area (Å²) in [6.07, 6.45) is 5.17. The van der Waals surface area contributed by atoms with Crippen molar-refractivity contribution in [3.63, 3.8) is 0 Å². The number of hydrogen-bond donors (Lipinski definition) is 0. The lowest BCUT2D eigenvalue weighted by Gasteiger charge is -2.27. The Kier molecular flexibility index (Phi) is 10.9. The summed E-state index contributed by atoms with van der Waals surface area (Å²) in [5.74, 6) is 0. The highest BCUT2D eigenvalue weighted by molar-refractivity contribution is 4.72.